The fourth-order valence-electron chi connectivity index (χ4n) is 1.77. The molecule has 7 heteroatoms. The van der Waals surface area contributed by atoms with Crippen molar-refractivity contribution in [3.05, 3.63) is 28.8 Å². The van der Waals surface area contributed by atoms with Crippen molar-refractivity contribution in [3.63, 3.8) is 0 Å². The number of sulfonamides is 1. The van der Waals surface area contributed by atoms with Gasteiger partial charge in [-0.25, -0.2) is 8.42 Å². The van der Waals surface area contributed by atoms with Crippen LogP contribution in [-0.2, 0) is 14.8 Å². The molecule has 1 aromatic rings. The lowest BCUT2D eigenvalue weighted by atomic mass is 10.2. The zero-order valence-corrected chi connectivity index (χ0v) is 13.0. The van der Waals surface area contributed by atoms with Crippen molar-refractivity contribution in [2.75, 3.05) is 17.1 Å². The molecule has 1 amide bonds. The minimum Gasteiger partial charge on any atom is -0.352 e. The molecular formula is C13H17ClN2O3S. The predicted molar refractivity (Wildman–Crippen MR) is 79.5 cm³/mol. The molecule has 0 aromatic heterocycles. The van der Waals surface area contributed by atoms with E-state index in [1.807, 2.05) is 6.92 Å². The number of amides is 1. The van der Waals surface area contributed by atoms with Crippen LogP contribution in [0.25, 0.3) is 0 Å². The van der Waals surface area contributed by atoms with Crippen LogP contribution in [0.1, 0.15) is 18.4 Å². The maximum absolute atomic E-state index is 11.9. The fraction of sp³-hybridized carbons (Fsp3) is 0.462. The number of halogens is 1. The van der Waals surface area contributed by atoms with Crippen LogP contribution in [0.2, 0.25) is 5.02 Å². The van der Waals surface area contributed by atoms with Gasteiger partial charge < -0.3 is 5.32 Å². The largest absolute Gasteiger partial charge is 0.352 e. The lowest BCUT2D eigenvalue weighted by molar-refractivity contribution is -0.119. The monoisotopic (exact) mass is 316 g/mol. The summed E-state index contributed by atoms with van der Waals surface area (Å²) in [6.07, 6.45) is 2.99. The van der Waals surface area contributed by atoms with Crippen LogP contribution < -0.4 is 9.62 Å². The topological polar surface area (TPSA) is 66.5 Å². The molecule has 1 aliphatic carbocycles. The fourth-order valence-corrected chi connectivity index (χ4v) is 2.79. The SMILES string of the molecule is Cc1ccc(N(CC(=O)NC2CC2)S(C)(=O)=O)cc1Cl. The predicted octanol–water partition coefficient (Wildman–Crippen LogP) is 1.69. The molecule has 110 valence electrons. The van der Waals surface area contributed by atoms with Gasteiger partial charge in [0.05, 0.1) is 11.9 Å². The van der Waals surface area contributed by atoms with E-state index < -0.39 is 10.0 Å². The number of anilines is 1. The number of benzene rings is 1. The van der Waals surface area contributed by atoms with E-state index in [1.165, 1.54) is 0 Å². The molecule has 20 heavy (non-hydrogen) atoms. The summed E-state index contributed by atoms with van der Waals surface area (Å²) in [5, 5.41) is 3.25. The molecule has 0 aliphatic heterocycles. The summed E-state index contributed by atoms with van der Waals surface area (Å²) in [6, 6.07) is 5.13. The van der Waals surface area contributed by atoms with E-state index in [9.17, 15) is 13.2 Å². The first-order chi connectivity index (χ1) is 9.27. The number of hydrogen-bond donors (Lipinski definition) is 1. The van der Waals surface area contributed by atoms with Crippen LogP contribution in [0.15, 0.2) is 18.2 Å². The molecule has 0 atom stereocenters. The van der Waals surface area contributed by atoms with Gasteiger partial charge in [0.1, 0.15) is 6.54 Å². The molecule has 1 fully saturated rings. The smallest absolute Gasteiger partial charge is 0.240 e. The molecule has 1 saturated carbocycles. The van der Waals surface area contributed by atoms with Crippen LogP contribution in [0, 0.1) is 6.92 Å². The minimum absolute atomic E-state index is 0.200. The molecule has 2 rings (SSSR count). The molecule has 0 spiro atoms. The maximum Gasteiger partial charge on any atom is 0.240 e. The van der Waals surface area contributed by atoms with Crippen LogP contribution in [0.3, 0.4) is 0 Å². The number of hydrogen-bond acceptors (Lipinski definition) is 3. The van der Waals surface area contributed by atoms with E-state index in [-0.39, 0.29) is 18.5 Å². The molecule has 0 heterocycles. The summed E-state index contributed by atoms with van der Waals surface area (Å²) in [5.41, 5.74) is 1.25. The Kier molecular flexibility index (Phi) is 4.25. The summed E-state index contributed by atoms with van der Waals surface area (Å²) in [6.45, 7) is 1.60. The third-order valence-electron chi connectivity index (χ3n) is 3.07. The van der Waals surface area contributed by atoms with Crippen LogP contribution >= 0.6 is 11.6 Å². The summed E-state index contributed by atoms with van der Waals surface area (Å²) in [4.78, 5) is 11.8. The van der Waals surface area contributed by atoms with E-state index in [4.69, 9.17) is 11.6 Å². The number of aryl methyl sites for hydroxylation is 1. The lowest BCUT2D eigenvalue weighted by Crippen LogP contribution is -2.41. The third kappa shape index (κ3) is 3.86. The van der Waals surface area contributed by atoms with Crippen LogP contribution in [0.5, 0.6) is 0 Å². The Hall–Kier alpha value is -1.27. The van der Waals surface area contributed by atoms with Gasteiger partial charge >= 0.3 is 0 Å². The minimum atomic E-state index is -3.54. The summed E-state index contributed by atoms with van der Waals surface area (Å²) in [7, 11) is -3.54. The molecule has 0 radical (unpaired) electrons. The molecule has 1 aliphatic rings. The van der Waals surface area contributed by atoms with Gasteiger partial charge in [0, 0.05) is 11.1 Å². The van der Waals surface area contributed by atoms with Crippen molar-refractivity contribution >= 4 is 33.2 Å². The van der Waals surface area contributed by atoms with Crippen molar-refractivity contribution in [3.8, 4) is 0 Å². The van der Waals surface area contributed by atoms with Gasteiger partial charge in [0.15, 0.2) is 0 Å². The highest BCUT2D eigenvalue weighted by Gasteiger charge is 2.26. The first kappa shape index (κ1) is 15.1. The second kappa shape index (κ2) is 5.61. The Morgan fingerprint density at radius 2 is 2.10 bits per heavy atom. The zero-order valence-electron chi connectivity index (χ0n) is 11.4. The maximum atomic E-state index is 11.9. The van der Waals surface area contributed by atoms with E-state index >= 15 is 0 Å². The van der Waals surface area contributed by atoms with Crippen LogP contribution in [0.4, 0.5) is 5.69 Å². The molecule has 0 saturated heterocycles. The van der Waals surface area contributed by atoms with Crippen molar-refractivity contribution in [2.24, 2.45) is 0 Å². The highest BCUT2D eigenvalue weighted by atomic mass is 35.5. The summed E-state index contributed by atoms with van der Waals surface area (Å²) < 4.78 is 24.8. The van der Waals surface area contributed by atoms with Gasteiger partial charge in [0.25, 0.3) is 0 Å². The second-order valence-corrected chi connectivity index (χ2v) is 7.36. The Labute approximate surface area is 124 Å². The van der Waals surface area contributed by atoms with Gasteiger partial charge in [0.2, 0.25) is 15.9 Å². The van der Waals surface area contributed by atoms with Gasteiger partial charge in [-0.1, -0.05) is 17.7 Å². The normalized spacial score (nSPS) is 14.9. The average Bonchev–Trinajstić information content (AvgIpc) is 3.12. The second-order valence-electron chi connectivity index (χ2n) is 5.04. The van der Waals surface area contributed by atoms with Gasteiger partial charge in [-0.2, -0.15) is 0 Å². The summed E-state index contributed by atoms with van der Waals surface area (Å²) in [5.74, 6) is -0.297. The Morgan fingerprint density at radius 1 is 1.45 bits per heavy atom. The van der Waals surface area contributed by atoms with Gasteiger partial charge in [-0.15, -0.1) is 0 Å². The van der Waals surface area contributed by atoms with Gasteiger partial charge in [-0.05, 0) is 37.5 Å². The Balaban J connectivity index is 2.22. The Bertz CT molecular complexity index is 627. The summed E-state index contributed by atoms with van der Waals surface area (Å²) >= 11 is 6.02. The average molecular weight is 317 g/mol. The van der Waals surface area contributed by atoms with Gasteiger partial charge in [-0.3, -0.25) is 9.10 Å². The number of nitrogens with one attached hydrogen (secondary N) is 1. The van der Waals surface area contributed by atoms with E-state index in [0.29, 0.717) is 10.7 Å². The Morgan fingerprint density at radius 3 is 2.60 bits per heavy atom. The highest BCUT2D eigenvalue weighted by Crippen LogP contribution is 2.25. The standard InChI is InChI=1S/C13H17ClN2O3S/c1-9-3-6-11(7-12(9)14)16(20(2,18)19)8-13(17)15-10-4-5-10/h3,6-7,10H,4-5,8H2,1-2H3,(H,15,17). The molecule has 1 N–H and O–H groups in total. The first-order valence-electron chi connectivity index (χ1n) is 6.30. The van der Waals surface area contributed by atoms with Crippen molar-refractivity contribution in [1.82, 2.24) is 5.32 Å². The van der Waals surface area contributed by atoms with Crippen molar-refractivity contribution in [1.29, 1.82) is 0 Å². The van der Waals surface area contributed by atoms with E-state index in [2.05, 4.69) is 5.32 Å². The number of carbonyl (C=O) groups excluding carboxylic acids is 1. The molecule has 5 nitrogen and oxygen atoms in total. The molecule has 1 aromatic carbocycles. The van der Waals surface area contributed by atoms with E-state index in [0.717, 1.165) is 29.0 Å². The lowest BCUT2D eigenvalue weighted by Gasteiger charge is -2.22. The first-order valence-corrected chi connectivity index (χ1v) is 8.53. The van der Waals surface area contributed by atoms with Crippen LogP contribution in [-0.4, -0.2) is 33.2 Å². The zero-order chi connectivity index (χ0) is 14.9. The molecular weight excluding hydrogens is 300 g/mol. The van der Waals surface area contributed by atoms with Crippen molar-refractivity contribution < 1.29 is 13.2 Å². The number of carbonyl (C=O) groups is 1. The molecule has 0 bridgehead atoms. The number of rotatable bonds is 5. The molecule has 0 unspecified atom stereocenters. The highest BCUT2D eigenvalue weighted by molar-refractivity contribution is 7.92. The quantitative estimate of drug-likeness (QED) is 0.899. The third-order valence-corrected chi connectivity index (χ3v) is 4.62. The van der Waals surface area contributed by atoms with Crippen molar-refractivity contribution in [2.45, 2.75) is 25.8 Å². The van der Waals surface area contributed by atoms with E-state index in [1.54, 1.807) is 18.2 Å². The number of nitrogens with zero attached hydrogens (tertiary/aromatic N) is 1.